The molecule has 0 atom stereocenters. The Morgan fingerprint density at radius 2 is 0.718 bits per heavy atom. The first-order chi connectivity index (χ1) is 55.4. The zero-order chi connectivity index (χ0) is 78.5. The Bertz CT molecular complexity index is 6520. The summed E-state index contributed by atoms with van der Waals surface area (Å²) in [6, 6.07) is 81.1. The van der Waals surface area contributed by atoms with Gasteiger partial charge in [0.25, 0.3) is 0 Å². The number of rotatable bonds is 6. The van der Waals surface area contributed by atoms with E-state index in [1.165, 1.54) is 60.5 Å². The molecule has 15 aromatic heterocycles. The number of aromatic nitrogens is 19. The van der Waals surface area contributed by atoms with Crippen molar-refractivity contribution in [1.29, 1.82) is 0 Å². The number of alkyl halides is 3. The molecule has 28 heteroatoms. The summed E-state index contributed by atoms with van der Waals surface area (Å²) in [4.78, 5) is 42.8. The molecule has 0 aliphatic rings. The van der Waals surface area contributed by atoms with Crippen molar-refractivity contribution in [2.45, 2.75) is 39.3 Å². The Balaban J connectivity index is 0.000000123. The van der Waals surface area contributed by atoms with E-state index in [0.717, 1.165) is 84.5 Å². The molecule has 21 rings (SSSR count). The number of pyridine rings is 6. The summed E-state index contributed by atoms with van der Waals surface area (Å²) in [7, 11) is 5.71. The molecule has 0 aliphatic heterocycles. The second kappa shape index (κ2) is 36.6. The van der Waals surface area contributed by atoms with E-state index < -0.39 is 12.0 Å². The molecule has 585 valence electrons. The molecule has 0 bridgehead atoms. The summed E-state index contributed by atoms with van der Waals surface area (Å²) in [5, 5.41) is 30.5. The third-order valence-corrected chi connectivity index (χ3v) is 21.7. The first-order valence-electron chi connectivity index (χ1n) is 35.9. The van der Waals surface area contributed by atoms with Crippen LogP contribution in [0.2, 0.25) is 0 Å². The van der Waals surface area contributed by atoms with E-state index in [0.29, 0.717) is 22.6 Å². The average molecular weight is 2130 g/mol. The van der Waals surface area contributed by atoms with Crippen LogP contribution in [0.3, 0.4) is 0 Å². The van der Waals surface area contributed by atoms with Crippen molar-refractivity contribution in [3.8, 4) is 68.1 Å². The molecule has 3 radical (unpaired) electrons. The largest absolute Gasteiger partial charge is 0.570 e. The van der Waals surface area contributed by atoms with Crippen molar-refractivity contribution < 1.29 is 87.2 Å². The fourth-order valence-corrected chi connectivity index (χ4v) is 15.8. The predicted octanol–water partition coefficient (Wildman–Crippen LogP) is 18.2. The van der Waals surface area contributed by atoms with Gasteiger partial charge in [-0.2, -0.15) is 47.2 Å². The molecule has 6 aromatic carbocycles. The van der Waals surface area contributed by atoms with Gasteiger partial charge in [-0.05, 0) is 132 Å². The van der Waals surface area contributed by atoms with Crippen LogP contribution in [0.5, 0.6) is 0 Å². The summed E-state index contributed by atoms with van der Waals surface area (Å²) in [6.45, 7) is 8.38. The Morgan fingerprint density at radius 1 is 0.359 bits per heavy atom. The monoisotopic (exact) mass is 2130 g/mol. The van der Waals surface area contributed by atoms with Crippen molar-refractivity contribution in [1.82, 2.24) is 80.4 Å². The summed E-state index contributed by atoms with van der Waals surface area (Å²) in [5.41, 5.74) is 16.5. The van der Waals surface area contributed by atoms with E-state index in [9.17, 15) is 13.2 Å². The molecule has 0 spiro atoms. The van der Waals surface area contributed by atoms with Crippen molar-refractivity contribution >= 4 is 128 Å². The second-order valence-electron chi connectivity index (χ2n) is 27.2. The molecule has 0 saturated heterocycles. The summed E-state index contributed by atoms with van der Waals surface area (Å²) in [6.07, 6.45) is 11.2. The Hall–Kier alpha value is -11.8. The maximum absolute atomic E-state index is 12.2. The number of benzene rings is 6. The molecule has 0 N–H and O–H groups in total. The van der Waals surface area contributed by atoms with Gasteiger partial charge in [-0.3, -0.25) is 35.0 Å². The van der Waals surface area contributed by atoms with Gasteiger partial charge in [0.05, 0.1) is 0 Å². The van der Waals surface area contributed by atoms with Gasteiger partial charge in [0, 0.05) is 171 Å². The van der Waals surface area contributed by atoms with E-state index in [2.05, 4.69) is 245 Å². The number of fused-ring (bicyclic) bond motifs is 12. The maximum atomic E-state index is 12.2. The van der Waals surface area contributed by atoms with Gasteiger partial charge in [-0.25, -0.2) is 28.7 Å². The van der Waals surface area contributed by atoms with Crippen LogP contribution in [0.4, 0.5) is 13.2 Å². The molecule has 0 aliphatic carbocycles. The standard InChI is InChI=1S/3C19H10N3S.C13H17N3.C10H11N3.C9H7F3N4.3Ir/c3*1-2-4-17-13(3-1)14-11-12(5-8-18(14)23-17)15-6-7-16-19(22-15)21-10-9-20-16;1-13(2,3)12-9-10(14-15-12)11-7-5-6-8-16(11)4;1-8-7-9(12-11-8)10-5-3-4-6-13(10)2;1-16-5-3-2-4-6(16)7-13-8(15-14-7)9(10,11)12;;;/h3*1-4,6-11H;5-9H,1-4H3;3-7H,1-2H3;2-5H,1H3;;;/q3*-1;;;;;;. The zero-order valence-electron chi connectivity index (χ0n) is 63.3. The summed E-state index contributed by atoms with van der Waals surface area (Å²) >= 11 is 5.38. The molecule has 0 saturated carbocycles. The van der Waals surface area contributed by atoms with E-state index in [-0.39, 0.29) is 71.6 Å². The van der Waals surface area contributed by atoms with Crippen LogP contribution in [0.25, 0.3) is 162 Å². The van der Waals surface area contributed by atoms with E-state index in [4.69, 9.17) is 0 Å². The SMILES string of the molecule is C[n+]1ccccc1-c1cc(C(C)(C)C)n[n-]1.C[n+]1ccccc1-c1nc(C(F)(F)F)n[n-]1.Cc1cc(-c2cccc[n+]2C)[n-]n1.[Ir].[Ir].[Ir].[c-]1cc2sc3ccccc3c2cc1-c1ccc2nccnc2n1.[c-]1cc2sc3ccccc3c2cc1-c1ccc2nccnc2n1.[c-]1cc2sc3ccccc3c2cc1-c1ccc2nccnc2n1. The van der Waals surface area contributed by atoms with Crippen LogP contribution in [0.1, 0.15) is 38.0 Å². The summed E-state index contributed by atoms with van der Waals surface area (Å²) < 4.78 is 50.1. The van der Waals surface area contributed by atoms with Gasteiger partial charge < -0.3 is 30.5 Å². The van der Waals surface area contributed by atoms with Gasteiger partial charge >= 0.3 is 6.18 Å². The van der Waals surface area contributed by atoms with Crippen molar-refractivity contribution in [2.24, 2.45) is 21.1 Å². The molecule has 117 heavy (non-hydrogen) atoms. The van der Waals surface area contributed by atoms with Gasteiger partial charge in [-0.1, -0.05) is 110 Å². The van der Waals surface area contributed by atoms with Crippen molar-refractivity contribution in [2.75, 3.05) is 0 Å². The van der Waals surface area contributed by atoms with Gasteiger partial charge in [0.2, 0.25) is 5.69 Å². The number of hydrogen-bond acceptors (Lipinski definition) is 16. The van der Waals surface area contributed by atoms with Crippen LogP contribution in [-0.4, -0.2) is 65.1 Å². The first-order valence-corrected chi connectivity index (χ1v) is 38.3. The van der Waals surface area contributed by atoms with Crippen LogP contribution in [-0.2, 0) is 93.1 Å². The van der Waals surface area contributed by atoms with E-state index >= 15 is 0 Å². The number of aryl methyl sites for hydroxylation is 4. The summed E-state index contributed by atoms with van der Waals surface area (Å²) in [5.74, 6) is -1.25. The third kappa shape index (κ3) is 18.9. The second-order valence-corrected chi connectivity index (χ2v) is 30.5. The van der Waals surface area contributed by atoms with Crippen molar-refractivity contribution in [3.63, 3.8) is 0 Å². The minimum atomic E-state index is -4.56. The molecule has 0 amide bonds. The minimum Gasteiger partial charge on any atom is -0.570 e. The molecular weight excluding hydrogens is 2060 g/mol. The maximum Gasteiger partial charge on any atom is 0.429 e. The quantitative estimate of drug-likeness (QED) is 0.112. The van der Waals surface area contributed by atoms with Gasteiger partial charge in [-0.15, -0.1) is 71.3 Å². The topological polar surface area (TPSA) is 222 Å². The van der Waals surface area contributed by atoms with E-state index in [1.807, 2.05) is 111 Å². The number of thiophene rings is 3. The van der Waals surface area contributed by atoms with Crippen LogP contribution in [0.15, 0.2) is 268 Å². The van der Waals surface area contributed by atoms with Crippen molar-refractivity contribution in [3.05, 3.63) is 304 Å². The Kier molecular flexibility index (Phi) is 26.0. The Labute approximate surface area is 721 Å². The van der Waals surface area contributed by atoms with Crippen LogP contribution < -0.4 is 29.0 Å². The molecule has 0 unspecified atom stereocenters. The smallest absolute Gasteiger partial charge is 0.429 e. The average Bonchev–Trinajstić information content (AvgIpc) is 1.60. The Morgan fingerprint density at radius 3 is 1.07 bits per heavy atom. The number of halogens is 3. The van der Waals surface area contributed by atoms with E-state index in [1.54, 1.807) is 107 Å². The molecular formula is C89H65F3Ir3N19S3-3. The predicted molar refractivity (Wildman–Crippen MR) is 442 cm³/mol. The zero-order valence-corrected chi connectivity index (χ0v) is 72.9. The van der Waals surface area contributed by atoms with Gasteiger partial charge in [0.1, 0.15) is 43.5 Å². The fraction of sp³-hybridized carbons (Fsp3) is 0.101. The third-order valence-electron chi connectivity index (χ3n) is 18.3. The van der Waals surface area contributed by atoms with Crippen LogP contribution in [0, 0.1) is 25.1 Å². The van der Waals surface area contributed by atoms with Gasteiger partial charge in [0.15, 0.2) is 46.9 Å². The molecule has 0 fully saturated rings. The minimum absolute atomic E-state index is 0. The number of hydrogen-bond donors (Lipinski definition) is 0. The molecule has 15 heterocycles. The molecule has 21 aromatic rings. The van der Waals surface area contributed by atoms with Crippen LogP contribution >= 0.6 is 34.0 Å². The fourth-order valence-electron chi connectivity index (χ4n) is 12.6. The number of nitrogens with zero attached hydrogens (tertiary/aromatic N) is 19. The normalized spacial score (nSPS) is 11.1. The first kappa shape index (κ1) is 83.2. The molecule has 19 nitrogen and oxygen atoms in total.